The molecule has 0 radical (unpaired) electrons. The molecule has 0 amide bonds. The second-order valence-electron chi connectivity index (χ2n) is 3.96. The van der Waals surface area contributed by atoms with Gasteiger partial charge in [-0.15, -0.1) is 0 Å². The van der Waals surface area contributed by atoms with E-state index in [-0.39, 0.29) is 0 Å². The number of hydrazine groups is 1. The van der Waals surface area contributed by atoms with Crippen molar-refractivity contribution in [3.05, 3.63) is 39.6 Å². The largest absolute Gasteiger partial charge is 0.337 e. The highest BCUT2D eigenvalue weighted by atomic mass is 35.5. The lowest BCUT2D eigenvalue weighted by Crippen LogP contribution is -2.13. The third kappa shape index (κ3) is 2.89. The Morgan fingerprint density at radius 1 is 1.05 bits per heavy atom. The van der Waals surface area contributed by atoms with Gasteiger partial charge in [-0.05, 0) is 26.0 Å². The van der Waals surface area contributed by atoms with Gasteiger partial charge in [0, 0.05) is 5.56 Å². The van der Waals surface area contributed by atoms with Gasteiger partial charge in [0.05, 0.1) is 15.7 Å². The van der Waals surface area contributed by atoms with E-state index < -0.39 is 0 Å². The van der Waals surface area contributed by atoms with Crippen molar-refractivity contribution in [2.45, 2.75) is 13.8 Å². The number of benzene rings is 1. The van der Waals surface area contributed by atoms with Gasteiger partial charge in [-0.3, -0.25) is 0 Å². The minimum Gasteiger partial charge on any atom is -0.337 e. The summed E-state index contributed by atoms with van der Waals surface area (Å²) in [4.78, 5) is 8.51. The first-order valence-electron chi connectivity index (χ1n) is 5.56. The minimum atomic E-state index is 0.519. The average molecular weight is 298 g/mol. The smallest absolute Gasteiger partial charge is 0.148 e. The number of nitrogen functional groups attached to an aromatic ring is 1. The molecule has 0 atom stereocenters. The van der Waals surface area contributed by atoms with E-state index in [9.17, 15) is 0 Å². The van der Waals surface area contributed by atoms with Gasteiger partial charge < -0.3 is 10.7 Å². The van der Waals surface area contributed by atoms with Gasteiger partial charge in [-0.2, -0.15) is 0 Å². The maximum atomic E-state index is 6.11. The van der Waals surface area contributed by atoms with E-state index in [1.807, 2.05) is 6.92 Å². The van der Waals surface area contributed by atoms with Crippen molar-refractivity contribution in [1.29, 1.82) is 0 Å². The molecule has 0 saturated heterocycles. The molecule has 0 aliphatic carbocycles. The van der Waals surface area contributed by atoms with Crippen LogP contribution in [0.4, 0.5) is 17.3 Å². The van der Waals surface area contributed by atoms with Gasteiger partial charge >= 0.3 is 0 Å². The first-order valence-corrected chi connectivity index (χ1v) is 6.31. The number of anilines is 3. The number of hydrogen-bond donors (Lipinski definition) is 3. The molecule has 0 fully saturated rings. The molecule has 5 nitrogen and oxygen atoms in total. The Morgan fingerprint density at radius 2 is 1.63 bits per heavy atom. The van der Waals surface area contributed by atoms with Gasteiger partial charge in [0.25, 0.3) is 0 Å². The highest BCUT2D eigenvalue weighted by molar-refractivity contribution is 6.39. The van der Waals surface area contributed by atoms with E-state index in [4.69, 9.17) is 29.0 Å². The normalized spacial score (nSPS) is 10.4. The number of aromatic nitrogens is 2. The van der Waals surface area contributed by atoms with Crippen LogP contribution in [0.25, 0.3) is 0 Å². The van der Waals surface area contributed by atoms with Crippen molar-refractivity contribution in [3.63, 3.8) is 0 Å². The Balaban J connectivity index is 2.47. The van der Waals surface area contributed by atoms with E-state index in [1.165, 1.54) is 0 Å². The third-order valence-corrected chi connectivity index (χ3v) is 3.23. The summed E-state index contributed by atoms with van der Waals surface area (Å²) in [7, 11) is 0. The Kier molecular flexibility index (Phi) is 4.09. The molecule has 0 aliphatic rings. The Hall–Kier alpha value is -1.56. The van der Waals surface area contributed by atoms with Crippen LogP contribution in [-0.2, 0) is 0 Å². The maximum absolute atomic E-state index is 6.11. The van der Waals surface area contributed by atoms with Crippen molar-refractivity contribution >= 4 is 40.5 Å². The Bertz CT molecular complexity index is 595. The molecular formula is C12H13Cl2N5. The van der Waals surface area contributed by atoms with E-state index in [1.54, 1.807) is 25.1 Å². The molecule has 0 saturated carbocycles. The van der Waals surface area contributed by atoms with Crippen LogP contribution < -0.4 is 16.6 Å². The summed E-state index contributed by atoms with van der Waals surface area (Å²) in [6, 6.07) is 5.28. The van der Waals surface area contributed by atoms with E-state index in [0.717, 1.165) is 5.56 Å². The topological polar surface area (TPSA) is 75.9 Å². The van der Waals surface area contributed by atoms with Crippen molar-refractivity contribution < 1.29 is 0 Å². The first kappa shape index (κ1) is 13.9. The fourth-order valence-electron chi connectivity index (χ4n) is 1.63. The van der Waals surface area contributed by atoms with Crippen LogP contribution in [0.1, 0.15) is 11.4 Å². The van der Waals surface area contributed by atoms with Crippen LogP contribution in [0.2, 0.25) is 10.0 Å². The zero-order valence-electron chi connectivity index (χ0n) is 10.5. The summed E-state index contributed by atoms with van der Waals surface area (Å²) in [5.74, 6) is 7.17. The molecule has 2 rings (SSSR count). The second kappa shape index (κ2) is 5.61. The average Bonchev–Trinajstić information content (AvgIpc) is 2.37. The van der Waals surface area contributed by atoms with Crippen molar-refractivity contribution in [3.8, 4) is 0 Å². The third-order valence-electron chi connectivity index (χ3n) is 2.60. The highest BCUT2D eigenvalue weighted by Crippen LogP contribution is 2.33. The van der Waals surface area contributed by atoms with Gasteiger partial charge in [0.2, 0.25) is 0 Å². The number of aryl methyl sites for hydroxylation is 1. The molecule has 0 unspecified atom stereocenters. The molecule has 0 aliphatic heterocycles. The maximum Gasteiger partial charge on any atom is 0.148 e. The van der Waals surface area contributed by atoms with Crippen molar-refractivity contribution in [2.24, 2.45) is 5.84 Å². The lowest BCUT2D eigenvalue weighted by Gasteiger charge is -2.14. The predicted molar refractivity (Wildman–Crippen MR) is 79.1 cm³/mol. The van der Waals surface area contributed by atoms with Gasteiger partial charge in [-0.1, -0.05) is 29.3 Å². The molecule has 7 heteroatoms. The van der Waals surface area contributed by atoms with Gasteiger partial charge in [0.1, 0.15) is 17.5 Å². The molecule has 4 N–H and O–H groups in total. The molecule has 1 aromatic carbocycles. The minimum absolute atomic E-state index is 0.519. The molecule has 0 bridgehead atoms. The number of nitrogens with zero attached hydrogens (tertiary/aromatic N) is 2. The molecular weight excluding hydrogens is 285 g/mol. The van der Waals surface area contributed by atoms with Crippen molar-refractivity contribution in [2.75, 3.05) is 10.7 Å². The molecule has 0 spiro atoms. The lowest BCUT2D eigenvalue weighted by atomic mass is 10.2. The summed E-state index contributed by atoms with van der Waals surface area (Å²) in [6.45, 7) is 3.63. The van der Waals surface area contributed by atoms with Crippen LogP contribution >= 0.6 is 23.2 Å². The quantitative estimate of drug-likeness (QED) is 0.598. The van der Waals surface area contributed by atoms with Gasteiger partial charge in [0.15, 0.2) is 0 Å². The molecule has 19 heavy (non-hydrogen) atoms. The molecule has 1 heterocycles. The summed E-state index contributed by atoms with van der Waals surface area (Å²) in [5, 5.41) is 4.15. The van der Waals surface area contributed by atoms with Crippen LogP contribution in [0.15, 0.2) is 18.2 Å². The molecule has 2 aromatic rings. The van der Waals surface area contributed by atoms with Crippen LogP contribution in [0.3, 0.4) is 0 Å². The number of nitrogens with two attached hydrogens (primary N) is 1. The Morgan fingerprint density at radius 3 is 2.21 bits per heavy atom. The molecule has 1 aromatic heterocycles. The summed E-state index contributed by atoms with van der Waals surface area (Å²) >= 11 is 12.2. The SMILES string of the molecule is Cc1nc(NN)c(C)c(Nc2c(Cl)cccc2Cl)n1. The number of halogens is 2. The highest BCUT2D eigenvalue weighted by Gasteiger charge is 2.12. The van der Waals surface area contributed by atoms with E-state index in [0.29, 0.717) is 33.2 Å². The first-order chi connectivity index (χ1) is 9.02. The summed E-state index contributed by atoms with van der Waals surface area (Å²) in [5.41, 5.74) is 3.92. The van der Waals surface area contributed by atoms with Crippen molar-refractivity contribution in [1.82, 2.24) is 9.97 Å². The standard InChI is InChI=1S/C12H13Cl2N5/c1-6-11(16-7(2)17-12(6)19-15)18-10-8(13)4-3-5-9(10)14/h3-5H,15H2,1-2H3,(H2,16,17,18,19). The van der Waals surface area contributed by atoms with Crippen LogP contribution in [0, 0.1) is 13.8 Å². The zero-order valence-corrected chi connectivity index (χ0v) is 12.0. The number of nitrogens with one attached hydrogen (secondary N) is 2. The number of rotatable bonds is 3. The van der Waals surface area contributed by atoms with Crippen LogP contribution in [-0.4, -0.2) is 9.97 Å². The predicted octanol–water partition coefficient (Wildman–Crippen LogP) is 3.43. The van der Waals surface area contributed by atoms with E-state index in [2.05, 4.69) is 20.7 Å². The fourth-order valence-corrected chi connectivity index (χ4v) is 2.12. The Labute approximate surface area is 121 Å². The zero-order chi connectivity index (χ0) is 14.0. The fraction of sp³-hybridized carbons (Fsp3) is 0.167. The summed E-state index contributed by atoms with van der Waals surface area (Å²) < 4.78 is 0. The van der Waals surface area contributed by atoms with Crippen LogP contribution in [0.5, 0.6) is 0 Å². The number of hydrogen-bond acceptors (Lipinski definition) is 5. The summed E-state index contributed by atoms with van der Waals surface area (Å²) in [6.07, 6.45) is 0. The molecule has 100 valence electrons. The monoisotopic (exact) mass is 297 g/mol. The lowest BCUT2D eigenvalue weighted by molar-refractivity contribution is 1.03. The number of para-hydroxylation sites is 1. The second-order valence-corrected chi connectivity index (χ2v) is 4.77. The van der Waals surface area contributed by atoms with Gasteiger partial charge in [-0.25, -0.2) is 15.8 Å². The van der Waals surface area contributed by atoms with E-state index >= 15 is 0 Å².